The average molecular weight is 468 g/mol. The van der Waals surface area contributed by atoms with E-state index in [1.165, 1.54) is 31.5 Å². The van der Waals surface area contributed by atoms with Crippen molar-refractivity contribution in [2.45, 2.75) is 18.4 Å². The number of phenols is 1. The highest BCUT2D eigenvalue weighted by Gasteiger charge is 2.30. The molecular weight excluding hydrogens is 442 g/mol. The molecular formula is C24H25N3O5S. The van der Waals surface area contributed by atoms with Crippen LogP contribution in [0.4, 0.5) is 0 Å². The maximum atomic E-state index is 13.5. The number of phenolic OH excluding ortho intramolecular Hbond substituents is 1. The van der Waals surface area contributed by atoms with Gasteiger partial charge in [0.1, 0.15) is 16.4 Å². The molecule has 0 aliphatic rings. The number of sulfonamides is 1. The zero-order valence-corrected chi connectivity index (χ0v) is 19.1. The van der Waals surface area contributed by atoms with Crippen LogP contribution < -0.4 is 10.2 Å². The first-order chi connectivity index (χ1) is 15.8. The standard InChI is InChI=1S/C24H25N3O5S/c1-18-11-12-22(32-2)23(13-18)33(30,31)27(16-19-7-4-3-5-8-19)17-24(29)26-25-15-20-9-6-10-21(28)14-20/h3-15,28H,16-17H2,1-2H3,(H,26,29). The van der Waals surface area contributed by atoms with Gasteiger partial charge in [-0.25, -0.2) is 13.8 Å². The summed E-state index contributed by atoms with van der Waals surface area (Å²) < 4.78 is 33.4. The monoisotopic (exact) mass is 467 g/mol. The van der Waals surface area contributed by atoms with Crippen LogP contribution in [0.3, 0.4) is 0 Å². The van der Waals surface area contributed by atoms with Gasteiger partial charge in [0.05, 0.1) is 19.9 Å². The highest BCUT2D eigenvalue weighted by Crippen LogP contribution is 2.28. The van der Waals surface area contributed by atoms with Crippen LogP contribution in [0, 0.1) is 6.92 Å². The summed E-state index contributed by atoms with van der Waals surface area (Å²) in [7, 11) is -2.68. The van der Waals surface area contributed by atoms with Crippen molar-refractivity contribution in [3.8, 4) is 11.5 Å². The third kappa shape index (κ3) is 6.41. The lowest BCUT2D eigenvalue weighted by molar-refractivity contribution is -0.121. The van der Waals surface area contributed by atoms with Crippen molar-refractivity contribution in [2.24, 2.45) is 5.10 Å². The Kier molecular flexibility index (Phi) is 7.81. The quantitative estimate of drug-likeness (QED) is 0.371. The number of nitrogens with one attached hydrogen (secondary N) is 1. The molecule has 0 unspecified atom stereocenters. The van der Waals surface area contributed by atoms with E-state index in [1.807, 2.05) is 6.07 Å². The minimum absolute atomic E-state index is 0.00996. The van der Waals surface area contributed by atoms with Gasteiger partial charge in [-0.1, -0.05) is 48.5 Å². The summed E-state index contributed by atoms with van der Waals surface area (Å²) in [6.07, 6.45) is 1.36. The molecule has 0 aliphatic heterocycles. The number of aromatic hydroxyl groups is 1. The molecule has 3 aromatic rings. The minimum Gasteiger partial charge on any atom is -0.508 e. The molecule has 0 saturated carbocycles. The van der Waals surface area contributed by atoms with E-state index < -0.39 is 22.5 Å². The summed E-state index contributed by atoms with van der Waals surface area (Å²) in [5, 5.41) is 13.4. The van der Waals surface area contributed by atoms with Crippen molar-refractivity contribution >= 4 is 22.1 Å². The Bertz CT molecular complexity index is 1240. The van der Waals surface area contributed by atoms with Gasteiger partial charge in [-0.15, -0.1) is 0 Å². The Labute approximate surface area is 193 Å². The van der Waals surface area contributed by atoms with Gasteiger partial charge in [0, 0.05) is 6.54 Å². The Morgan fingerprint density at radius 1 is 1.09 bits per heavy atom. The predicted octanol–water partition coefficient (Wildman–Crippen LogP) is 3.05. The summed E-state index contributed by atoms with van der Waals surface area (Å²) in [6.45, 7) is 1.32. The number of hydrogen-bond donors (Lipinski definition) is 2. The van der Waals surface area contributed by atoms with Crippen LogP contribution in [0.25, 0.3) is 0 Å². The molecule has 0 aromatic heterocycles. The molecule has 0 radical (unpaired) electrons. The molecule has 33 heavy (non-hydrogen) atoms. The van der Waals surface area contributed by atoms with Crippen molar-refractivity contribution in [3.05, 3.63) is 89.5 Å². The Morgan fingerprint density at radius 3 is 2.55 bits per heavy atom. The molecule has 0 atom stereocenters. The second-order valence-corrected chi connectivity index (χ2v) is 9.21. The number of rotatable bonds is 9. The third-order valence-corrected chi connectivity index (χ3v) is 6.54. The van der Waals surface area contributed by atoms with E-state index in [2.05, 4.69) is 10.5 Å². The summed E-state index contributed by atoms with van der Waals surface area (Å²) in [5.74, 6) is -0.351. The number of methoxy groups -OCH3 is 1. The summed E-state index contributed by atoms with van der Waals surface area (Å²) in [4.78, 5) is 12.6. The van der Waals surface area contributed by atoms with Gasteiger partial charge in [-0.2, -0.15) is 9.41 Å². The fourth-order valence-corrected chi connectivity index (χ4v) is 4.74. The van der Waals surface area contributed by atoms with Crippen LogP contribution in [-0.4, -0.2) is 43.6 Å². The maximum Gasteiger partial charge on any atom is 0.255 e. The molecule has 9 heteroatoms. The van der Waals surface area contributed by atoms with Gasteiger partial charge in [0.25, 0.3) is 5.91 Å². The number of hydrogen-bond acceptors (Lipinski definition) is 6. The number of amides is 1. The zero-order valence-electron chi connectivity index (χ0n) is 18.3. The number of carbonyl (C=O) groups is 1. The van der Waals surface area contributed by atoms with Gasteiger partial charge in [0.2, 0.25) is 10.0 Å². The molecule has 0 bridgehead atoms. The molecule has 1 amide bonds. The van der Waals surface area contributed by atoms with E-state index in [1.54, 1.807) is 55.5 Å². The highest BCUT2D eigenvalue weighted by molar-refractivity contribution is 7.89. The topological polar surface area (TPSA) is 108 Å². The van der Waals surface area contributed by atoms with Gasteiger partial charge in [0.15, 0.2) is 0 Å². The second-order valence-electron chi connectivity index (χ2n) is 7.30. The summed E-state index contributed by atoms with van der Waals surface area (Å²) >= 11 is 0. The van der Waals surface area contributed by atoms with E-state index in [0.717, 1.165) is 15.4 Å². The predicted molar refractivity (Wildman–Crippen MR) is 126 cm³/mol. The SMILES string of the molecule is COc1ccc(C)cc1S(=O)(=O)N(CC(=O)NN=Cc1cccc(O)c1)Cc1ccccc1. The van der Waals surface area contributed by atoms with Crippen molar-refractivity contribution in [2.75, 3.05) is 13.7 Å². The van der Waals surface area contributed by atoms with E-state index in [0.29, 0.717) is 5.56 Å². The minimum atomic E-state index is -4.08. The molecule has 0 aliphatic carbocycles. The first-order valence-electron chi connectivity index (χ1n) is 10.1. The molecule has 3 rings (SSSR count). The molecule has 0 heterocycles. The van der Waals surface area contributed by atoms with Crippen LogP contribution in [0.5, 0.6) is 11.5 Å². The largest absolute Gasteiger partial charge is 0.508 e. The fraction of sp³-hybridized carbons (Fsp3) is 0.167. The Hall–Kier alpha value is -3.69. The maximum absolute atomic E-state index is 13.5. The summed E-state index contributed by atoms with van der Waals surface area (Å²) in [5.41, 5.74) is 4.39. The van der Waals surface area contributed by atoms with Crippen LogP contribution in [-0.2, 0) is 21.4 Å². The first kappa shape index (κ1) is 24.0. The second kappa shape index (κ2) is 10.8. The lowest BCUT2D eigenvalue weighted by Gasteiger charge is -2.23. The first-order valence-corrected chi connectivity index (χ1v) is 11.5. The van der Waals surface area contributed by atoms with Gasteiger partial charge >= 0.3 is 0 Å². The number of ether oxygens (including phenoxy) is 1. The van der Waals surface area contributed by atoms with E-state index in [4.69, 9.17) is 4.74 Å². The van der Waals surface area contributed by atoms with Gasteiger partial charge < -0.3 is 9.84 Å². The average Bonchev–Trinajstić information content (AvgIpc) is 2.79. The number of carbonyl (C=O) groups excluding carboxylic acids is 1. The number of aryl methyl sites for hydroxylation is 1. The van der Waals surface area contributed by atoms with Crippen LogP contribution in [0.1, 0.15) is 16.7 Å². The Morgan fingerprint density at radius 2 is 1.85 bits per heavy atom. The third-order valence-electron chi connectivity index (χ3n) is 4.73. The number of hydrazone groups is 1. The smallest absolute Gasteiger partial charge is 0.255 e. The van der Waals surface area contributed by atoms with Gasteiger partial charge in [-0.05, 0) is 47.9 Å². The van der Waals surface area contributed by atoms with Crippen LogP contribution in [0.15, 0.2) is 82.8 Å². The van der Waals surface area contributed by atoms with Crippen molar-refractivity contribution in [1.29, 1.82) is 0 Å². The molecule has 8 nitrogen and oxygen atoms in total. The zero-order chi connectivity index (χ0) is 23.8. The fourth-order valence-electron chi connectivity index (χ4n) is 3.12. The highest BCUT2D eigenvalue weighted by atomic mass is 32.2. The van der Waals surface area contributed by atoms with E-state index in [9.17, 15) is 18.3 Å². The van der Waals surface area contributed by atoms with Crippen molar-refractivity contribution in [3.63, 3.8) is 0 Å². The lowest BCUT2D eigenvalue weighted by atomic mass is 10.2. The molecule has 2 N–H and O–H groups in total. The normalized spacial score (nSPS) is 11.6. The molecule has 0 fully saturated rings. The molecule has 172 valence electrons. The van der Waals surface area contributed by atoms with Crippen LogP contribution in [0.2, 0.25) is 0 Å². The molecule has 0 saturated heterocycles. The van der Waals surface area contributed by atoms with Crippen molar-refractivity contribution in [1.82, 2.24) is 9.73 Å². The number of nitrogens with zero attached hydrogens (tertiary/aromatic N) is 2. The number of benzene rings is 3. The van der Waals surface area contributed by atoms with E-state index in [-0.39, 0.29) is 22.9 Å². The van der Waals surface area contributed by atoms with E-state index >= 15 is 0 Å². The molecule has 3 aromatic carbocycles. The lowest BCUT2D eigenvalue weighted by Crippen LogP contribution is -2.39. The van der Waals surface area contributed by atoms with Crippen LogP contribution >= 0.6 is 0 Å². The summed E-state index contributed by atoms with van der Waals surface area (Å²) in [6, 6.07) is 20.2. The molecule has 0 spiro atoms. The van der Waals surface area contributed by atoms with Crippen molar-refractivity contribution < 1.29 is 23.1 Å². The Balaban J connectivity index is 1.85. The van der Waals surface area contributed by atoms with Gasteiger partial charge in [-0.3, -0.25) is 4.79 Å².